The van der Waals surface area contributed by atoms with Crippen LogP contribution in [0.15, 0.2) is 18.2 Å². The van der Waals surface area contributed by atoms with Gasteiger partial charge in [-0.15, -0.1) is 0 Å². The number of aromatic amines is 1. The molecule has 96 valence electrons. The van der Waals surface area contributed by atoms with Gasteiger partial charge in [0.15, 0.2) is 0 Å². The molecule has 0 fully saturated rings. The SMILES string of the molecule is CC(=O)Oc1ccc2[nH]c(C)c(CN(C)C)c2c1. The van der Waals surface area contributed by atoms with Gasteiger partial charge in [-0.25, -0.2) is 0 Å². The summed E-state index contributed by atoms with van der Waals surface area (Å²) in [4.78, 5) is 16.4. The van der Waals surface area contributed by atoms with Crippen LogP contribution in [0.25, 0.3) is 10.9 Å². The van der Waals surface area contributed by atoms with Crippen molar-refractivity contribution in [1.82, 2.24) is 9.88 Å². The third-order valence-electron chi connectivity index (χ3n) is 2.83. The van der Waals surface area contributed by atoms with Crippen molar-refractivity contribution in [2.45, 2.75) is 20.4 Å². The average Bonchev–Trinajstić information content (AvgIpc) is 2.54. The van der Waals surface area contributed by atoms with Crippen molar-refractivity contribution in [3.63, 3.8) is 0 Å². The number of ether oxygens (including phenoxy) is 1. The lowest BCUT2D eigenvalue weighted by atomic mass is 10.1. The average molecular weight is 246 g/mol. The van der Waals surface area contributed by atoms with E-state index in [9.17, 15) is 4.79 Å². The van der Waals surface area contributed by atoms with Crippen LogP contribution in [0, 0.1) is 6.92 Å². The number of carbonyl (C=O) groups excluding carboxylic acids is 1. The number of aryl methyl sites for hydroxylation is 1. The summed E-state index contributed by atoms with van der Waals surface area (Å²) in [6.45, 7) is 4.33. The Morgan fingerprint density at radius 2 is 2.11 bits per heavy atom. The Bertz CT molecular complexity index is 585. The zero-order chi connectivity index (χ0) is 13.3. The molecule has 0 saturated heterocycles. The van der Waals surface area contributed by atoms with Crippen LogP contribution in [0.4, 0.5) is 0 Å². The quantitative estimate of drug-likeness (QED) is 0.668. The zero-order valence-electron chi connectivity index (χ0n) is 11.2. The molecule has 0 unspecified atom stereocenters. The van der Waals surface area contributed by atoms with Gasteiger partial charge < -0.3 is 14.6 Å². The maximum Gasteiger partial charge on any atom is 0.308 e. The molecule has 0 spiro atoms. The number of nitrogens with zero attached hydrogens (tertiary/aromatic N) is 1. The van der Waals surface area contributed by atoms with E-state index in [1.807, 2.05) is 26.2 Å². The molecule has 0 atom stereocenters. The van der Waals surface area contributed by atoms with E-state index >= 15 is 0 Å². The van der Waals surface area contributed by atoms with E-state index in [2.05, 4.69) is 16.8 Å². The Morgan fingerprint density at radius 3 is 2.72 bits per heavy atom. The smallest absolute Gasteiger partial charge is 0.308 e. The maximum absolute atomic E-state index is 11.0. The molecule has 1 aromatic carbocycles. The predicted molar refractivity (Wildman–Crippen MR) is 71.7 cm³/mol. The molecule has 1 aromatic heterocycles. The normalized spacial score (nSPS) is 11.2. The number of nitrogens with one attached hydrogen (secondary N) is 1. The monoisotopic (exact) mass is 246 g/mol. The summed E-state index contributed by atoms with van der Waals surface area (Å²) in [5, 5.41) is 1.11. The summed E-state index contributed by atoms with van der Waals surface area (Å²) in [7, 11) is 4.07. The number of benzene rings is 1. The molecule has 4 heteroatoms. The zero-order valence-corrected chi connectivity index (χ0v) is 11.2. The highest BCUT2D eigenvalue weighted by Crippen LogP contribution is 2.27. The van der Waals surface area contributed by atoms with E-state index in [1.54, 1.807) is 6.07 Å². The molecule has 18 heavy (non-hydrogen) atoms. The highest BCUT2D eigenvalue weighted by molar-refractivity contribution is 5.86. The molecule has 4 nitrogen and oxygen atoms in total. The first-order valence-corrected chi connectivity index (χ1v) is 5.91. The highest BCUT2D eigenvalue weighted by Gasteiger charge is 2.10. The standard InChI is InChI=1S/C14H18N2O2/c1-9-13(8-16(3)4)12-7-11(18-10(2)17)5-6-14(12)15-9/h5-7,15H,8H2,1-4H3. The van der Waals surface area contributed by atoms with Crippen molar-refractivity contribution < 1.29 is 9.53 Å². The van der Waals surface area contributed by atoms with E-state index in [1.165, 1.54) is 12.5 Å². The van der Waals surface area contributed by atoms with Gasteiger partial charge in [-0.05, 0) is 44.8 Å². The van der Waals surface area contributed by atoms with Crippen molar-refractivity contribution in [2.24, 2.45) is 0 Å². The topological polar surface area (TPSA) is 45.3 Å². The Morgan fingerprint density at radius 1 is 1.39 bits per heavy atom. The number of rotatable bonds is 3. The lowest BCUT2D eigenvalue weighted by Crippen LogP contribution is -2.11. The summed E-state index contributed by atoms with van der Waals surface area (Å²) in [5.74, 6) is 0.296. The summed E-state index contributed by atoms with van der Waals surface area (Å²) < 4.78 is 5.13. The molecule has 0 saturated carbocycles. The van der Waals surface area contributed by atoms with Crippen LogP contribution >= 0.6 is 0 Å². The minimum absolute atomic E-state index is 0.296. The Labute approximate surface area is 107 Å². The first-order chi connectivity index (χ1) is 8.47. The minimum Gasteiger partial charge on any atom is -0.427 e. The second-order valence-corrected chi connectivity index (χ2v) is 4.77. The second-order valence-electron chi connectivity index (χ2n) is 4.77. The van der Waals surface area contributed by atoms with Crippen molar-refractivity contribution in [2.75, 3.05) is 14.1 Å². The lowest BCUT2D eigenvalue weighted by molar-refractivity contribution is -0.131. The molecule has 0 aliphatic heterocycles. The molecule has 1 heterocycles. The van der Waals surface area contributed by atoms with Crippen LogP contribution in [0.1, 0.15) is 18.2 Å². The van der Waals surface area contributed by atoms with Gasteiger partial charge in [0.05, 0.1) is 0 Å². The molecule has 2 aromatic rings. The highest BCUT2D eigenvalue weighted by atomic mass is 16.5. The van der Waals surface area contributed by atoms with Crippen molar-refractivity contribution in [1.29, 1.82) is 0 Å². The first-order valence-electron chi connectivity index (χ1n) is 5.91. The van der Waals surface area contributed by atoms with E-state index in [0.717, 1.165) is 23.1 Å². The Kier molecular flexibility index (Phi) is 3.39. The summed E-state index contributed by atoms with van der Waals surface area (Å²) in [6, 6.07) is 5.66. The number of fused-ring (bicyclic) bond motifs is 1. The van der Waals surface area contributed by atoms with Crippen LogP contribution in [0.5, 0.6) is 5.75 Å². The molecule has 0 radical (unpaired) electrons. The number of carbonyl (C=O) groups is 1. The van der Waals surface area contributed by atoms with E-state index in [0.29, 0.717) is 5.75 Å². The third-order valence-corrected chi connectivity index (χ3v) is 2.83. The summed E-state index contributed by atoms with van der Waals surface area (Å²) in [5.41, 5.74) is 3.46. The van der Waals surface area contributed by atoms with Gasteiger partial charge in [-0.1, -0.05) is 0 Å². The third kappa shape index (κ3) is 2.54. The van der Waals surface area contributed by atoms with Crippen LogP contribution < -0.4 is 4.74 Å². The van der Waals surface area contributed by atoms with E-state index in [-0.39, 0.29) is 5.97 Å². The fraction of sp³-hybridized carbons (Fsp3) is 0.357. The van der Waals surface area contributed by atoms with Crippen molar-refractivity contribution in [3.05, 3.63) is 29.5 Å². The molecule has 2 rings (SSSR count). The largest absolute Gasteiger partial charge is 0.427 e. The van der Waals surface area contributed by atoms with Gasteiger partial charge in [0.2, 0.25) is 0 Å². The van der Waals surface area contributed by atoms with Gasteiger partial charge in [-0.3, -0.25) is 4.79 Å². The Hall–Kier alpha value is -1.81. The van der Waals surface area contributed by atoms with Gasteiger partial charge in [-0.2, -0.15) is 0 Å². The fourth-order valence-electron chi connectivity index (χ4n) is 2.11. The molecule has 0 bridgehead atoms. The lowest BCUT2D eigenvalue weighted by Gasteiger charge is -2.10. The first kappa shape index (κ1) is 12.6. The summed E-state index contributed by atoms with van der Waals surface area (Å²) in [6.07, 6.45) is 0. The van der Waals surface area contributed by atoms with Gasteiger partial charge >= 0.3 is 5.97 Å². The molecule has 0 aliphatic carbocycles. The van der Waals surface area contributed by atoms with E-state index in [4.69, 9.17) is 4.74 Å². The van der Waals surface area contributed by atoms with Gasteiger partial charge in [0.1, 0.15) is 5.75 Å². The maximum atomic E-state index is 11.0. The minimum atomic E-state index is -0.296. The second kappa shape index (κ2) is 4.82. The predicted octanol–water partition coefficient (Wildman–Crippen LogP) is 2.46. The number of hydrogen-bond acceptors (Lipinski definition) is 3. The fourth-order valence-corrected chi connectivity index (χ4v) is 2.11. The number of H-pyrrole nitrogens is 1. The van der Waals surface area contributed by atoms with E-state index < -0.39 is 0 Å². The molecule has 0 amide bonds. The van der Waals surface area contributed by atoms with Crippen LogP contribution in [0.2, 0.25) is 0 Å². The van der Waals surface area contributed by atoms with Gasteiger partial charge in [0, 0.05) is 30.1 Å². The Balaban J connectivity index is 2.48. The van der Waals surface area contributed by atoms with Crippen LogP contribution in [-0.2, 0) is 11.3 Å². The molecular formula is C14H18N2O2. The van der Waals surface area contributed by atoms with Crippen molar-refractivity contribution in [3.8, 4) is 5.75 Å². The number of esters is 1. The van der Waals surface area contributed by atoms with Gasteiger partial charge in [0.25, 0.3) is 0 Å². The van der Waals surface area contributed by atoms with Crippen molar-refractivity contribution >= 4 is 16.9 Å². The molecular weight excluding hydrogens is 228 g/mol. The molecule has 1 N–H and O–H groups in total. The van der Waals surface area contributed by atoms with Crippen LogP contribution in [0.3, 0.4) is 0 Å². The summed E-state index contributed by atoms with van der Waals surface area (Å²) >= 11 is 0. The number of hydrogen-bond donors (Lipinski definition) is 1. The molecule has 0 aliphatic rings. The van der Waals surface area contributed by atoms with Crippen LogP contribution in [-0.4, -0.2) is 29.9 Å². The number of aromatic nitrogens is 1.